The van der Waals surface area contributed by atoms with Crippen LogP contribution in [0, 0.1) is 16.7 Å². The van der Waals surface area contributed by atoms with E-state index >= 15 is 0 Å². The third-order valence-electron chi connectivity index (χ3n) is 3.70. The van der Waals surface area contributed by atoms with Gasteiger partial charge in [-0.15, -0.1) is 0 Å². The lowest BCUT2D eigenvalue weighted by molar-refractivity contribution is -0.124. The zero-order valence-electron chi connectivity index (χ0n) is 13.0. The molecule has 0 spiro atoms. The quantitative estimate of drug-likeness (QED) is 0.923. The van der Waals surface area contributed by atoms with Crippen LogP contribution in [0.5, 0.6) is 0 Å². The van der Waals surface area contributed by atoms with Gasteiger partial charge in [0.1, 0.15) is 11.0 Å². The van der Waals surface area contributed by atoms with Gasteiger partial charge in [-0.2, -0.15) is 16.6 Å². The first-order valence-electron chi connectivity index (χ1n) is 7.25. The molecule has 0 radical (unpaired) electrons. The number of hydrogen-bond donors (Lipinski definition) is 1. The predicted molar refractivity (Wildman–Crippen MR) is 83.3 cm³/mol. The molecular formula is C16H20N2O3S. The van der Waals surface area contributed by atoms with Crippen molar-refractivity contribution in [2.45, 2.75) is 51.7 Å². The van der Waals surface area contributed by atoms with Gasteiger partial charge in [-0.05, 0) is 56.0 Å². The van der Waals surface area contributed by atoms with Crippen LogP contribution in [0.25, 0.3) is 0 Å². The summed E-state index contributed by atoms with van der Waals surface area (Å²) in [7, 11) is 0. The van der Waals surface area contributed by atoms with Crippen LogP contribution in [-0.4, -0.2) is 17.5 Å². The predicted octanol–water partition coefficient (Wildman–Crippen LogP) is 3.58. The number of ketones is 1. The Morgan fingerprint density at radius 2 is 2.27 bits per heavy atom. The summed E-state index contributed by atoms with van der Waals surface area (Å²) < 4.78 is 5.28. The molecule has 0 aliphatic heterocycles. The molecule has 1 aliphatic carbocycles. The number of amides is 1. The summed E-state index contributed by atoms with van der Waals surface area (Å²) in [6, 6.07) is 3.33. The molecule has 5 nitrogen and oxygen atoms in total. The van der Waals surface area contributed by atoms with E-state index in [-0.39, 0.29) is 5.78 Å². The van der Waals surface area contributed by atoms with Gasteiger partial charge in [0.25, 0.3) is 0 Å². The SMILES string of the molecule is CC(C)(C)OC(=O)N[C@@H](c1ccsc1)[C@@]1(C#N)CCCC1=O. The van der Waals surface area contributed by atoms with Crippen LogP contribution in [-0.2, 0) is 9.53 Å². The molecule has 1 saturated carbocycles. The highest BCUT2D eigenvalue weighted by atomic mass is 32.1. The lowest BCUT2D eigenvalue weighted by Gasteiger charge is -2.31. The van der Waals surface area contributed by atoms with Crippen molar-refractivity contribution in [2.75, 3.05) is 0 Å². The Kier molecular flexibility index (Phi) is 4.57. The molecule has 1 fully saturated rings. The first-order chi connectivity index (χ1) is 10.3. The van der Waals surface area contributed by atoms with E-state index in [4.69, 9.17) is 4.74 Å². The van der Waals surface area contributed by atoms with Crippen LogP contribution in [0.2, 0.25) is 0 Å². The number of Topliss-reactive ketones (excluding diaryl/α,β-unsaturated/α-hetero) is 1. The summed E-state index contributed by atoms with van der Waals surface area (Å²) in [4.78, 5) is 24.5. The van der Waals surface area contributed by atoms with Gasteiger partial charge in [-0.25, -0.2) is 4.79 Å². The molecule has 1 amide bonds. The number of hydrogen-bond acceptors (Lipinski definition) is 5. The van der Waals surface area contributed by atoms with Crippen LogP contribution >= 0.6 is 11.3 Å². The lowest BCUT2D eigenvalue weighted by atomic mass is 9.76. The van der Waals surface area contributed by atoms with Gasteiger partial charge in [0.05, 0.1) is 12.1 Å². The maximum absolute atomic E-state index is 12.3. The van der Waals surface area contributed by atoms with Gasteiger partial charge in [0.2, 0.25) is 0 Å². The van der Waals surface area contributed by atoms with Crippen molar-refractivity contribution in [3.8, 4) is 6.07 Å². The molecular weight excluding hydrogens is 300 g/mol. The van der Waals surface area contributed by atoms with Crippen molar-refractivity contribution in [1.29, 1.82) is 5.26 Å². The summed E-state index contributed by atoms with van der Waals surface area (Å²) in [6.45, 7) is 5.31. The van der Waals surface area contributed by atoms with Gasteiger partial charge in [0.15, 0.2) is 5.78 Å². The number of rotatable bonds is 3. The highest BCUT2D eigenvalue weighted by Crippen LogP contribution is 2.45. The van der Waals surface area contributed by atoms with Gasteiger partial charge in [-0.3, -0.25) is 4.79 Å². The van der Waals surface area contributed by atoms with E-state index in [1.807, 2.05) is 16.8 Å². The van der Waals surface area contributed by atoms with Gasteiger partial charge < -0.3 is 10.1 Å². The van der Waals surface area contributed by atoms with Gasteiger partial charge >= 0.3 is 6.09 Å². The lowest BCUT2D eigenvalue weighted by Crippen LogP contribution is -2.44. The number of nitrogens with zero attached hydrogens (tertiary/aromatic N) is 1. The third-order valence-corrected chi connectivity index (χ3v) is 4.40. The van der Waals surface area contributed by atoms with E-state index in [0.29, 0.717) is 19.3 Å². The molecule has 1 aromatic heterocycles. The summed E-state index contributed by atoms with van der Waals surface area (Å²) in [5.41, 5.74) is -1.06. The van der Waals surface area contributed by atoms with E-state index in [1.165, 1.54) is 11.3 Å². The molecule has 22 heavy (non-hydrogen) atoms. The zero-order valence-corrected chi connectivity index (χ0v) is 13.8. The zero-order chi connectivity index (χ0) is 16.4. The Labute approximate surface area is 134 Å². The number of nitrogens with one attached hydrogen (secondary N) is 1. The minimum Gasteiger partial charge on any atom is -0.444 e. The first-order valence-corrected chi connectivity index (χ1v) is 8.19. The molecule has 0 saturated heterocycles. The molecule has 6 heteroatoms. The highest BCUT2D eigenvalue weighted by Gasteiger charge is 2.50. The molecule has 0 bridgehead atoms. The average molecular weight is 320 g/mol. The molecule has 1 N–H and O–H groups in total. The fourth-order valence-electron chi connectivity index (χ4n) is 2.73. The van der Waals surface area contributed by atoms with Crippen molar-refractivity contribution in [3.63, 3.8) is 0 Å². The van der Waals surface area contributed by atoms with Gasteiger partial charge in [0, 0.05) is 6.42 Å². The smallest absolute Gasteiger partial charge is 0.408 e. The number of carbonyl (C=O) groups excluding carboxylic acids is 2. The summed E-state index contributed by atoms with van der Waals surface area (Å²) in [5.74, 6) is -0.109. The first kappa shape index (κ1) is 16.5. The Hall–Kier alpha value is -1.87. The van der Waals surface area contributed by atoms with E-state index in [9.17, 15) is 14.9 Å². The molecule has 2 atom stereocenters. The van der Waals surface area contributed by atoms with Crippen LogP contribution < -0.4 is 5.32 Å². The maximum Gasteiger partial charge on any atom is 0.408 e. The summed E-state index contributed by atoms with van der Waals surface area (Å²) in [6.07, 6.45) is 0.893. The number of thiophene rings is 1. The Balaban J connectivity index is 2.31. The van der Waals surface area contributed by atoms with Crippen LogP contribution in [0.3, 0.4) is 0 Å². The summed E-state index contributed by atoms with van der Waals surface area (Å²) in [5, 5.41) is 16.1. The second-order valence-corrected chi connectivity index (χ2v) is 7.28. The normalized spacial score (nSPS) is 22.9. The Morgan fingerprint density at radius 3 is 2.73 bits per heavy atom. The number of ether oxygens (including phenoxy) is 1. The molecule has 1 aromatic rings. The highest BCUT2D eigenvalue weighted by molar-refractivity contribution is 7.08. The largest absolute Gasteiger partial charge is 0.444 e. The Bertz CT molecular complexity index is 598. The minimum atomic E-state index is -1.20. The second kappa shape index (κ2) is 6.09. The van der Waals surface area contributed by atoms with Crippen molar-refractivity contribution >= 4 is 23.2 Å². The van der Waals surface area contributed by atoms with E-state index in [0.717, 1.165) is 5.56 Å². The molecule has 1 heterocycles. The fraction of sp³-hybridized carbons (Fsp3) is 0.562. The second-order valence-electron chi connectivity index (χ2n) is 6.50. The minimum absolute atomic E-state index is 0.109. The monoisotopic (exact) mass is 320 g/mol. The van der Waals surface area contributed by atoms with Crippen LogP contribution in [0.15, 0.2) is 16.8 Å². The van der Waals surface area contributed by atoms with E-state index in [2.05, 4.69) is 11.4 Å². The molecule has 118 valence electrons. The topological polar surface area (TPSA) is 79.2 Å². The van der Waals surface area contributed by atoms with Crippen molar-refractivity contribution < 1.29 is 14.3 Å². The molecule has 0 unspecified atom stereocenters. The number of carbonyl (C=O) groups is 2. The van der Waals surface area contributed by atoms with Crippen molar-refractivity contribution in [2.24, 2.45) is 5.41 Å². The van der Waals surface area contributed by atoms with Crippen LogP contribution in [0.1, 0.15) is 51.6 Å². The third kappa shape index (κ3) is 3.30. The van der Waals surface area contributed by atoms with Crippen molar-refractivity contribution in [3.05, 3.63) is 22.4 Å². The molecule has 2 rings (SSSR count). The average Bonchev–Trinajstić information content (AvgIpc) is 3.04. The summed E-state index contributed by atoms with van der Waals surface area (Å²) >= 11 is 1.46. The van der Waals surface area contributed by atoms with Crippen molar-refractivity contribution in [1.82, 2.24) is 5.32 Å². The molecule has 0 aromatic carbocycles. The number of alkyl carbamates (subject to hydrolysis) is 1. The molecule has 1 aliphatic rings. The Morgan fingerprint density at radius 1 is 1.55 bits per heavy atom. The standard InChI is InChI=1S/C16H20N2O3S/c1-15(2,3)21-14(20)18-13(11-6-8-22-9-11)16(10-17)7-4-5-12(16)19/h6,8-9,13H,4-5,7H2,1-3H3,(H,18,20)/t13-,16+/m0/s1. The maximum atomic E-state index is 12.3. The fourth-order valence-corrected chi connectivity index (χ4v) is 3.42. The van der Waals surface area contributed by atoms with E-state index in [1.54, 1.807) is 20.8 Å². The van der Waals surface area contributed by atoms with Gasteiger partial charge in [-0.1, -0.05) is 0 Å². The number of nitriles is 1. The van der Waals surface area contributed by atoms with Crippen LogP contribution in [0.4, 0.5) is 4.79 Å². The van der Waals surface area contributed by atoms with E-state index < -0.39 is 23.2 Å².